The van der Waals surface area contributed by atoms with Gasteiger partial charge in [0, 0.05) is 24.7 Å². The second-order valence-corrected chi connectivity index (χ2v) is 5.10. The van der Waals surface area contributed by atoms with Crippen LogP contribution >= 0.6 is 0 Å². The van der Waals surface area contributed by atoms with Crippen LogP contribution in [0.3, 0.4) is 0 Å². The Hall–Kier alpha value is -3.20. The van der Waals surface area contributed by atoms with Crippen molar-refractivity contribution in [3.63, 3.8) is 0 Å². The molecule has 0 spiro atoms. The number of pyridine rings is 1. The molecule has 3 aromatic rings. The molecule has 2 heterocycles. The van der Waals surface area contributed by atoms with Crippen LogP contribution in [0.5, 0.6) is 0 Å². The SMILES string of the molecule is N#Cc1cccc(C(=O)NCCCc2nnc3ccccn23)c1. The first-order chi connectivity index (χ1) is 11.3. The van der Waals surface area contributed by atoms with Gasteiger partial charge in [-0.1, -0.05) is 12.1 Å². The van der Waals surface area contributed by atoms with E-state index in [0.29, 0.717) is 17.7 Å². The van der Waals surface area contributed by atoms with Gasteiger partial charge in [-0.2, -0.15) is 5.26 Å². The zero-order valence-corrected chi connectivity index (χ0v) is 12.4. The highest BCUT2D eigenvalue weighted by atomic mass is 16.1. The highest BCUT2D eigenvalue weighted by Crippen LogP contribution is 2.06. The molecule has 0 saturated carbocycles. The van der Waals surface area contributed by atoms with Crippen LogP contribution in [-0.2, 0) is 6.42 Å². The lowest BCUT2D eigenvalue weighted by molar-refractivity contribution is 0.0953. The Kier molecular flexibility index (Phi) is 4.29. The molecular weight excluding hydrogens is 290 g/mol. The van der Waals surface area contributed by atoms with Crippen molar-refractivity contribution < 1.29 is 4.79 Å². The molecule has 0 atom stereocenters. The Balaban J connectivity index is 1.53. The number of fused-ring (bicyclic) bond motifs is 1. The molecule has 0 bridgehead atoms. The normalized spacial score (nSPS) is 10.4. The Labute approximate surface area is 133 Å². The summed E-state index contributed by atoms with van der Waals surface area (Å²) in [6, 6.07) is 14.4. The maximum absolute atomic E-state index is 12.0. The third kappa shape index (κ3) is 3.35. The molecule has 6 nitrogen and oxygen atoms in total. The van der Waals surface area contributed by atoms with Crippen molar-refractivity contribution in [2.75, 3.05) is 6.54 Å². The largest absolute Gasteiger partial charge is 0.352 e. The van der Waals surface area contributed by atoms with Crippen molar-refractivity contribution in [3.8, 4) is 6.07 Å². The molecule has 2 aromatic heterocycles. The van der Waals surface area contributed by atoms with Crippen LogP contribution in [0.25, 0.3) is 5.65 Å². The number of nitrogens with one attached hydrogen (secondary N) is 1. The minimum atomic E-state index is -0.173. The fraction of sp³-hybridized carbons (Fsp3) is 0.176. The van der Waals surface area contributed by atoms with Crippen molar-refractivity contribution in [2.24, 2.45) is 0 Å². The number of nitrogens with zero attached hydrogens (tertiary/aromatic N) is 4. The topological polar surface area (TPSA) is 83.1 Å². The van der Waals surface area contributed by atoms with Crippen LogP contribution in [-0.4, -0.2) is 27.0 Å². The standard InChI is InChI=1S/C17H15N5O/c18-12-13-5-3-6-14(11-13)17(23)19-9-4-8-16-21-20-15-7-1-2-10-22(15)16/h1-3,5-7,10-11H,4,8-9H2,(H,19,23). The van der Waals surface area contributed by atoms with E-state index in [1.54, 1.807) is 24.3 Å². The minimum Gasteiger partial charge on any atom is -0.352 e. The summed E-state index contributed by atoms with van der Waals surface area (Å²) in [5, 5.41) is 20.0. The third-order valence-corrected chi connectivity index (χ3v) is 3.50. The number of amides is 1. The summed E-state index contributed by atoms with van der Waals surface area (Å²) in [6.07, 6.45) is 3.42. The third-order valence-electron chi connectivity index (χ3n) is 3.50. The Morgan fingerprint density at radius 2 is 2.13 bits per heavy atom. The summed E-state index contributed by atoms with van der Waals surface area (Å²) >= 11 is 0. The summed E-state index contributed by atoms with van der Waals surface area (Å²) in [4.78, 5) is 12.0. The van der Waals surface area contributed by atoms with Gasteiger partial charge in [0.05, 0.1) is 11.6 Å². The highest BCUT2D eigenvalue weighted by Gasteiger charge is 2.07. The number of rotatable bonds is 5. The van der Waals surface area contributed by atoms with Crippen LogP contribution in [0.1, 0.15) is 28.2 Å². The van der Waals surface area contributed by atoms with E-state index in [0.717, 1.165) is 24.3 Å². The molecule has 1 N–H and O–H groups in total. The lowest BCUT2D eigenvalue weighted by Crippen LogP contribution is -2.25. The molecule has 1 aromatic carbocycles. The fourth-order valence-corrected chi connectivity index (χ4v) is 2.34. The average molecular weight is 305 g/mol. The number of aryl methyl sites for hydroxylation is 1. The van der Waals surface area contributed by atoms with Crippen LogP contribution in [0.15, 0.2) is 48.7 Å². The van der Waals surface area contributed by atoms with Gasteiger partial charge in [0.15, 0.2) is 5.65 Å². The number of aromatic nitrogens is 3. The number of carbonyl (C=O) groups is 1. The number of benzene rings is 1. The summed E-state index contributed by atoms with van der Waals surface area (Å²) in [5.41, 5.74) is 1.80. The van der Waals surface area contributed by atoms with Crippen molar-refractivity contribution in [1.29, 1.82) is 5.26 Å². The number of carbonyl (C=O) groups excluding carboxylic acids is 1. The van der Waals surface area contributed by atoms with Crippen molar-refractivity contribution in [1.82, 2.24) is 19.9 Å². The molecule has 0 unspecified atom stereocenters. The Morgan fingerprint density at radius 1 is 1.22 bits per heavy atom. The van der Waals surface area contributed by atoms with Gasteiger partial charge in [-0.25, -0.2) is 0 Å². The molecule has 6 heteroatoms. The Morgan fingerprint density at radius 3 is 3.00 bits per heavy atom. The molecule has 0 aliphatic heterocycles. The van der Waals surface area contributed by atoms with E-state index in [4.69, 9.17) is 5.26 Å². The molecule has 23 heavy (non-hydrogen) atoms. The summed E-state index contributed by atoms with van der Waals surface area (Å²) < 4.78 is 1.94. The molecule has 0 aliphatic rings. The second kappa shape index (κ2) is 6.71. The van der Waals surface area contributed by atoms with Gasteiger partial charge in [0.1, 0.15) is 5.82 Å². The van der Waals surface area contributed by atoms with E-state index >= 15 is 0 Å². The maximum Gasteiger partial charge on any atom is 0.251 e. The second-order valence-electron chi connectivity index (χ2n) is 5.10. The van der Waals surface area contributed by atoms with Gasteiger partial charge in [-0.15, -0.1) is 10.2 Å². The maximum atomic E-state index is 12.0. The highest BCUT2D eigenvalue weighted by molar-refractivity contribution is 5.94. The van der Waals surface area contributed by atoms with Crippen molar-refractivity contribution >= 4 is 11.6 Å². The zero-order valence-electron chi connectivity index (χ0n) is 12.4. The van der Waals surface area contributed by atoms with Gasteiger partial charge in [0.25, 0.3) is 5.91 Å². The first kappa shape index (κ1) is 14.7. The molecule has 0 aliphatic carbocycles. The number of hydrogen-bond acceptors (Lipinski definition) is 4. The predicted octanol–water partition coefficient (Wildman–Crippen LogP) is 1.96. The van der Waals surface area contributed by atoms with E-state index in [9.17, 15) is 4.79 Å². The molecule has 0 saturated heterocycles. The summed E-state index contributed by atoms with van der Waals surface area (Å²) in [6.45, 7) is 0.539. The first-order valence-corrected chi connectivity index (χ1v) is 7.35. The summed E-state index contributed by atoms with van der Waals surface area (Å²) in [5.74, 6) is 0.703. The monoisotopic (exact) mass is 305 g/mol. The molecule has 114 valence electrons. The average Bonchev–Trinajstić information content (AvgIpc) is 3.02. The van der Waals surface area contributed by atoms with Gasteiger partial charge in [-0.3, -0.25) is 9.20 Å². The molecule has 1 amide bonds. The van der Waals surface area contributed by atoms with Crippen LogP contribution in [0.2, 0.25) is 0 Å². The van der Waals surface area contributed by atoms with Gasteiger partial charge >= 0.3 is 0 Å². The molecule has 0 radical (unpaired) electrons. The Bertz CT molecular complexity index is 878. The van der Waals surface area contributed by atoms with Crippen LogP contribution < -0.4 is 5.32 Å². The molecule has 0 fully saturated rings. The van der Waals surface area contributed by atoms with Crippen LogP contribution in [0.4, 0.5) is 0 Å². The van der Waals surface area contributed by atoms with Gasteiger partial charge in [-0.05, 0) is 36.8 Å². The predicted molar refractivity (Wildman–Crippen MR) is 84.8 cm³/mol. The van der Waals surface area contributed by atoms with E-state index in [-0.39, 0.29) is 5.91 Å². The van der Waals surface area contributed by atoms with Gasteiger partial charge in [0.2, 0.25) is 0 Å². The van der Waals surface area contributed by atoms with E-state index in [2.05, 4.69) is 15.5 Å². The molecule has 3 rings (SSSR count). The molecular formula is C17H15N5O. The van der Waals surface area contributed by atoms with E-state index in [1.165, 1.54) is 0 Å². The zero-order chi connectivity index (χ0) is 16.1. The number of hydrogen-bond donors (Lipinski definition) is 1. The van der Waals surface area contributed by atoms with E-state index < -0.39 is 0 Å². The fourth-order valence-electron chi connectivity index (χ4n) is 2.34. The van der Waals surface area contributed by atoms with Crippen molar-refractivity contribution in [3.05, 3.63) is 65.6 Å². The quantitative estimate of drug-likeness (QED) is 0.730. The van der Waals surface area contributed by atoms with E-state index in [1.807, 2.05) is 34.9 Å². The summed E-state index contributed by atoms with van der Waals surface area (Å²) in [7, 11) is 0. The number of nitriles is 1. The van der Waals surface area contributed by atoms with Gasteiger partial charge < -0.3 is 5.32 Å². The van der Waals surface area contributed by atoms with Crippen molar-refractivity contribution in [2.45, 2.75) is 12.8 Å². The lowest BCUT2D eigenvalue weighted by Gasteiger charge is -2.05. The minimum absolute atomic E-state index is 0.173. The smallest absolute Gasteiger partial charge is 0.251 e. The van der Waals surface area contributed by atoms with Crippen LogP contribution in [0, 0.1) is 11.3 Å². The first-order valence-electron chi connectivity index (χ1n) is 7.35. The lowest BCUT2D eigenvalue weighted by atomic mass is 10.1.